The van der Waals surface area contributed by atoms with E-state index in [0.717, 1.165) is 0 Å². The lowest BCUT2D eigenvalue weighted by Crippen LogP contribution is -2.55. The Hall–Kier alpha value is -2.15. The summed E-state index contributed by atoms with van der Waals surface area (Å²) in [4.78, 5) is 29.2. The number of carbonyl (C=O) groups is 2. The first kappa shape index (κ1) is 15.2. The molecule has 0 spiro atoms. The van der Waals surface area contributed by atoms with Crippen LogP contribution in [0.5, 0.6) is 0 Å². The minimum absolute atomic E-state index is 0.0117. The molecule has 1 aliphatic heterocycles. The van der Waals surface area contributed by atoms with E-state index in [4.69, 9.17) is 4.74 Å². The third-order valence-corrected chi connectivity index (χ3v) is 3.20. The first-order valence-corrected chi connectivity index (χ1v) is 6.82. The summed E-state index contributed by atoms with van der Waals surface area (Å²) in [5.41, 5.74) is 0.575. The number of amides is 1. The Morgan fingerprint density at radius 3 is 2.95 bits per heavy atom. The van der Waals surface area contributed by atoms with Gasteiger partial charge in [0, 0.05) is 25.0 Å². The Morgan fingerprint density at radius 2 is 2.29 bits per heavy atom. The van der Waals surface area contributed by atoms with Gasteiger partial charge in [-0.15, -0.1) is 0 Å². The maximum atomic E-state index is 12.3. The lowest BCUT2D eigenvalue weighted by molar-refractivity contribution is -0.125. The molecule has 0 aromatic carbocycles. The number of morpholine rings is 1. The minimum Gasteiger partial charge on any atom is -0.478 e. The molecule has 1 amide bonds. The number of pyridine rings is 1. The zero-order valence-electron chi connectivity index (χ0n) is 12.1. The number of hydrogen-bond acceptors (Lipinski definition) is 5. The molecule has 0 radical (unpaired) electrons. The Morgan fingerprint density at radius 1 is 1.52 bits per heavy atom. The maximum absolute atomic E-state index is 12.3. The molecular formula is C14H19N3O4. The minimum atomic E-state index is -1.06. The molecule has 1 atom stereocenters. The number of carbonyl (C=O) groups excluding carboxylic acids is 1. The van der Waals surface area contributed by atoms with Crippen molar-refractivity contribution in [1.29, 1.82) is 0 Å². The fourth-order valence-corrected chi connectivity index (χ4v) is 2.29. The van der Waals surface area contributed by atoms with Gasteiger partial charge in [-0.2, -0.15) is 0 Å². The second kappa shape index (κ2) is 6.53. The van der Waals surface area contributed by atoms with Crippen molar-refractivity contribution < 1.29 is 19.4 Å². The summed E-state index contributed by atoms with van der Waals surface area (Å²) in [6, 6.07) is 1.09. The van der Waals surface area contributed by atoms with Crippen LogP contribution in [0.1, 0.15) is 24.2 Å². The van der Waals surface area contributed by atoms with Crippen molar-refractivity contribution in [3.05, 3.63) is 24.0 Å². The topological polar surface area (TPSA) is 91.8 Å². The lowest BCUT2D eigenvalue weighted by Gasteiger charge is -2.37. The van der Waals surface area contributed by atoms with Crippen LogP contribution in [0, 0.1) is 0 Å². The SMILES string of the molecule is CC(C)NC(=O)C1COCCN1c1ccncc1C(=O)O. The molecule has 1 aromatic heterocycles. The van der Waals surface area contributed by atoms with Crippen molar-refractivity contribution in [2.24, 2.45) is 0 Å². The average Bonchev–Trinajstić information content (AvgIpc) is 2.46. The number of rotatable bonds is 4. The summed E-state index contributed by atoms with van der Waals surface area (Å²) in [7, 11) is 0. The van der Waals surface area contributed by atoms with Crippen molar-refractivity contribution in [2.45, 2.75) is 25.9 Å². The first-order valence-electron chi connectivity index (χ1n) is 6.82. The highest BCUT2D eigenvalue weighted by molar-refractivity contribution is 5.95. The molecule has 2 N–H and O–H groups in total. The average molecular weight is 293 g/mol. The molecule has 1 aromatic rings. The zero-order chi connectivity index (χ0) is 15.4. The highest BCUT2D eigenvalue weighted by Crippen LogP contribution is 2.23. The van der Waals surface area contributed by atoms with Gasteiger partial charge < -0.3 is 20.1 Å². The third kappa shape index (κ3) is 3.49. The Labute approximate surface area is 122 Å². The summed E-state index contributed by atoms with van der Waals surface area (Å²) < 4.78 is 5.37. The predicted molar refractivity (Wildman–Crippen MR) is 76.4 cm³/mol. The van der Waals surface area contributed by atoms with Gasteiger partial charge in [0.15, 0.2) is 0 Å². The van der Waals surface area contributed by atoms with Gasteiger partial charge in [-0.3, -0.25) is 9.78 Å². The Balaban J connectivity index is 2.31. The maximum Gasteiger partial charge on any atom is 0.339 e. The van der Waals surface area contributed by atoms with Crippen LogP contribution in [-0.4, -0.2) is 53.8 Å². The number of ether oxygens (including phenoxy) is 1. The molecule has 0 bridgehead atoms. The van der Waals surface area contributed by atoms with Crippen molar-refractivity contribution in [3.8, 4) is 0 Å². The van der Waals surface area contributed by atoms with Crippen molar-refractivity contribution in [3.63, 3.8) is 0 Å². The molecule has 7 heteroatoms. The van der Waals surface area contributed by atoms with Gasteiger partial charge in [0.1, 0.15) is 11.6 Å². The van der Waals surface area contributed by atoms with E-state index < -0.39 is 12.0 Å². The molecule has 0 aliphatic carbocycles. The van der Waals surface area contributed by atoms with Crippen molar-refractivity contribution in [1.82, 2.24) is 10.3 Å². The van der Waals surface area contributed by atoms with Crippen LogP contribution in [0.2, 0.25) is 0 Å². The smallest absolute Gasteiger partial charge is 0.339 e. The molecule has 7 nitrogen and oxygen atoms in total. The number of hydrogen-bond donors (Lipinski definition) is 2. The number of anilines is 1. The number of aromatic nitrogens is 1. The molecule has 1 unspecified atom stereocenters. The Kier molecular flexibility index (Phi) is 4.74. The van der Waals surface area contributed by atoms with E-state index in [9.17, 15) is 14.7 Å². The van der Waals surface area contributed by atoms with Gasteiger partial charge in [-0.1, -0.05) is 0 Å². The fourth-order valence-electron chi connectivity index (χ4n) is 2.29. The van der Waals surface area contributed by atoms with E-state index in [2.05, 4.69) is 10.3 Å². The monoisotopic (exact) mass is 293 g/mol. The summed E-state index contributed by atoms with van der Waals surface area (Å²) in [5.74, 6) is -1.23. The normalized spacial score (nSPS) is 18.6. The number of carboxylic acids is 1. The summed E-state index contributed by atoms with van der Waals surface area (Å²) >= 11 is 0. The van der Waals surface area contributed by atoms with Crippen LogP contribution in [0.3, 0.4) is 0 Å². The molecule has 2 heterocycles. The second-order valence-corrected chi connectivity index (χ2v) is 5.15. The molecule has 114 valence electrons. The van der Waals surface area contributed by atoms with Gasteiger partial charge in [0.25, 0.3) is 0 Å². The molecule has 1 fully saturated rings. The molecule has 2 rings (SSSR count). The van der Waals surface area contributed by atoms with E-state index in [1.807, 2.05) is 13.8 Å². The van der Waals surface area contributed by atoms with Crippen molar-refractivity contribution in [2.75, 3.05) is 24.7 Å². The second-order valence-electron chi connectivity index (χ2n) is 5.15. The quantitative estimate of drug-likeness (QED) is 0.840. The summed E-state index contributed by atoms with van der Waals surface area (Å²) in [5, 5.41) is 12.1. The van der Waals surface area contributed by atoms with Gasteiger partial charge in [0.05, 0.1) is 18.9 Å². The first-order chi connectivity index (χ1) is 10.0. The molecule has 1 saturated heterocycles. The van der Waals surface area contributed by atoms with Crippen LogP contribution in [0.25, 0.3) is 0 Å². The fraction of sp³-hybridized carbons (Fsp3) is 0.500. The molecule has 0 saturated carbocycles. The largest absolute Gasteiger partial charge is 0.478 e. The van der Waals surface area contributed by atoms with Crippen molar-refractivity contribution >= 4 is 17.6 Å². The van der Waals surface area contributed by atoms with E-state index in [0.29, 0.717) is 18.8 Å². The van der Waals surface area contributed by atoms with Crippen LogP contribution < -0.4 is 10.2 Å². The zero-order valence-corrected chi connectivity index (χ0v) is 12.1. The highest BCUT2D eigenvalue weighted by atomic mass is 16.5. The van der Waals surface area contributed by atoms with Gasteiger partial charge in [-0.25, -0.2) is 4.79 Å². The van der Waals surface area contributed by atoms with Crippen LogP contribution in [0.15, 0.2) is 18.5 Å². The van der Waals surface area contributed by atoms with Gasteiger partial charge >= 0.3 is 5.97 Å². The van der Waals surface area contributed by atoms with Crippen LogP contribution >= 0.6 is 0 Å². The summed E-state index contributed by atoms with van der Waals surface area (Å²) in [6.45, 7) is 4.90. The van der Waals surface area contributed by atoms with E-state index in [1.165, 1.54) is 12.4 Å². The number of aromatic carboxylic acids is 1. The molecular weight excluding hydrogens is 274 g/mol. The standard InChI is InChI=1S/C14H19N3O4/c1-9(2)16-13(18)12-8-21-6-5-17(12)11-3-4-15-7-10(11)14(19)20/h3-4,7,9,12H,5-6,8H2,1-2H3,(H,16,18)(H,19,20). The van der Waals surface area contributed by atoms with E-state index in [-0.39, 0.29) is 24.1 Å². The molecule has 21 heavy (non-hydrogen) atoms. The Bertz CT molecular complexity index is 533. The van der Waals surface area contributed by atoms with Gasteiger partial charge in [0.2, 0.25) is 5.91 Å². The molecule has 1 aliphatic rings. The van der Waals surface area contributed by atoms with Gasteiger partial charge in [-0.05, 0) is 19.9 Å². The van der Waals surface area contributed by atoms with E-state index in [1.54, 1.807) is 11.0 Å². The van der Waals surface area contributed by atoms with Crippen LogP contribution in [-0.2, 0) is 9.53 Å². The number of carboxylic acid groups (broad SMARTS) is 1. The van der Waals surface area contributed by atoms with Crippen LogP contribution in [0.4, 0.5) is 5.69 Å². The van der Waals surface area contributed by atoms with E-state index >= 15 is 0 Å². The summed E-state index contributed by atoms with van der Waals surface area (Å²) in [6.07, 6.45) is 2.82. The third-order valence-electron chi connectivity index (χ3n) is 3.20. The predicted octanol–water partition coefficient (Wildman–Crippen LogP) is 0.510. The lowest BCUT2D eigenvalue weighted by atomic mass is 10.1. The number of nitrogens with zero attached hydrogens (tertiary/aromatic N) is 2. The number of nitrogens with one attached hydrogen (secondary N) is 1. The highest BCUT2D eigenvalue weighted by Gasteiger charge is 2.32.